The highest BCUT2D eigenvalue weighted by Gasteiger charge is 2.19. The van der Waals surface area contributed by atoms with Gasteiger partial charge in [-0.15, -0.1) is 0 Å². The van der Waals surface area contributed by atoms with E-state index in [2.05, 4.69) is 10.0 Å². The second-order valence-corrected chi connectivity index (χ2v) is 8.53. The predicted molar refractivity (Wildman–Crippen MR) is 114 cm³/mol. The maximum absolute atomic E-state index is 14.5. The van der Waals surface area contributed by atoms with Crippen LogP contribution < -0.4 is 14.8 Å². The van der Waals surface area contributed by atoms with Crippen LogP contribution in [0.2, 0.25) is 5.02 Å². The average molecular weight is 449 g/mol. The molecule has 3 aromatic rings. The van der Waals surface area contributed by atoms with Crippen molar-refractivity contribution in [3.05, 3.63) is 82.6 Å². The van der Waals surface area contributed by atoms with Crippen molar-refractivity contribution in [2.75, 3.05) is 17.1 Å². The Morgan fingerprint density at radius 1 is 1.03 bits per heavy atom. The summed E-state index contributed by atoms with van der Waals surface area (Å²) in [5.74, 6) is -1.14. The average Bonchev–Trinajstić information content (AvgIpc) is 2.69. The molecule has 0 aliphatic carbocycles. The van der Waals surface area contributed by atoms with Gasteiger partial charge in [-0.2, -0.15) is 0 Å². The zero-order chi connectivity index (χ0) is 21.9. The summed E-state index contributed by atoms with van der Waals surface area (Å²) in [5, 5.41) is 2.76. The van der Waals surface area contributed by atoms with Crippen LogP contribution >= 0.6 is 11.6 Å². The van der Waals surface area contributed by atoms with Crippen LogP contribution in [0.3, 0.4) is 0 Å². The third-order valence-electron chi connectivity index (χ3n) is 4.19. The van der Waals surface area contributed by atoms with Crippen molar-refractivity contribution in [3.8, 4) is 5.75 Å². The molecule has 0 atom stereocenters. The van der Waals surface area contributed by atoms with Gasteiger partial charge in [-0.1, -0.05) is 23.7 Å². The molecule has 0 fully saturated rings. The van der Waals surface area contributed by atoms with Gasteiger partial charge in [0, 0.05) is 10.6 Å². The summed E-state index contributed by atoms with van der Waals surface area (Å²) < 4.78 is 47.5. The number of benzene rings is 3. The van der Waals surface area contributed by atoms with Crippen LogP contribution in [-0.2, 0) is 10.0 Å². The van der Waals surface area contributed by atoms with Crippen molar-refractivity contribution in [1.29, 1.82) is 0 Å². The summed E-state index contributed by atoms with van der Waals surface area (Å²) >= 11 is 5.86. The van der Waals surface area contributed by atoms with E-state index in [4.69, 9.17) is 16.3 Å². The molecule has 0 aliphatic heterocycles. The van der Waals surface area contributed by atoms with Crippen molar-refractivity contribution >= 4 is 38.9 Å². The van der Waals surface area contributed by atoms with Gasteiger partial charge in [-0.3, -0.25) is 9.52 Å². The van der Waals surface area contributed by atoms with Gasteiger partial charge in [0.2, 0.25) is 0 Å². The smallest absolute Gasteiger partial charge is 0.262 e. The summed E-state index contributed by atoms with van der Waals surface area (Å²) in [4.78, 5) is 12.0. The first-order valence-corrected chi connectivity index (χ1v) is 10.6. The first kappa shape index (κ1) is 21.6. The lowest BCUT2D eigenvalue weighted by Crippen LogP contribution is -2.16. The molecule has 9 heteroatoms. The number of aryl methyl sites for hydroxylation is 1. The molecule has 0 saturated carbocycles. The second-order valence-electron chi connectivity index (χ2n) is 6.42. The van der Waals surface area contributed by atoms with Crippen LogP contribution in [0.25, 0.3) is 0 Å². The highest BCUT2D eigenvalue weighted by atomic mass is 35.5. The number of sulfonamides is 1. The summed E-state index contributed by atoms with van der Waals surface area (Å²) in [6.07, 6.45) is 0. The number of anilines is 2. The summed E-state index contributed by atoms with van der Waals surface area (Å²) in [5.41, 5.74) is 1.13. The molecule has 2 N–H and O–H groups in total. The standard InChI is InChI=1S/C21H18ClFN2O4S/c1-13-6-9-20(29-2)19(10-13)25-30(27,28)16-7-8-18(17(23)12-16)24-21(26)14-4-3-5-15(22)11-14/h3-12,25H,1-2H3,(H,24,26). The SMILES string of the molecule is COc1ccc(C)cc1NS(=O)(=O)c1ccc(NC(=O)c2cccc(Cl)c2)c(F)c1. The highest BCUT2D eigenvalue weighted by Crippen LogP contribution is 2.29. The largest absolute Gasteiger partial charge is 0.495 e. The molecule has 3 rings (SSSR count). The third kappa shape index (κ3) is 4.90. The minimum atomic E-state index is -4.09. The molecule has 0 aliphatic rings. The third-order valence-corrected chi connectivity index (χ3v) is 5.78. The van der Waals surface area contributed by atoms with E-state index in [-0.39, 0.29) is 21.8 Å². The molecule has 0 radical (unpaired) electrons. The molecule has 0 aromatic heterocycles. The molecule has 3 aromatic carbocycles. The normalized spacial score (nSPS) is 11.1. The molecular weight excluding hydrogens is 431 g/mol. The van der Waals surface area contributed by atoms with E-state index in [1.165, 1.54) is 31.4 Å². The van der Waals surface area contributed by atoms with Crippen molar-refractivity contribution in [1.82, 2.24) is 0 Å². The van der Waals surface area contributed by atoms with Crippen molar-refractivity contribution in [2.24, 2.45) is 0 Å². The Kier molecular flexibility index (Phi) is 6.28. The van der Waals surface area contributed by atoms with E-state index in [0.717, 1.165) is 11.6 Å². The molecule has 30 heavy (non-hydrogen) atoms. The summed E-state index contributed by atoms with van der Waals surface area (Å²) in [6, 6.07) is 14.4. The summed E-state index contributed by atoms with van der Waals surface area (Å²) in [6.45, 7) is 1.80. The fourth-order valence-electron chi connectivity index (χ4n) is 2.69. The number of carbonyl (C=O) groups is 1. The van der Waals surface area contributed by atoms with Crippen molar-refractivity contribution in [3.63, 3.8) is 0 Å². The Morgan fingerprint density at radius 3 is 2.47 bits per heavy atom. The van der Waals surface area contributed by atoms with E-state index in [1.54, 1.807) is 37.3 Å². The zero-order valence-corrected chi connectivity index (χ0v) is 17.6. The quantitative estimate of drug-likeness (QED) is 0.564. The van der Waals surface area contributed by atoms with Crippen LogP contribution in [0, 0.1) is 12.7 Å². The van der Waals surface area contributed by atoms with Crippen LogP contribution in [0.1, 0.15) is 15.9 Å². The number of methoxy groups -OCH3 is 1. The number of nitrogens with one attached hydrogen (secondary N) is 2. The van der Waals surface area contributed by atoms with Crippen molar-refractivity contribution in [2.45, 2.75) is 11.8 Å². The number of carbonyl (C=O) groups excluding carboxylic acids is 1. The van der Waals surface area contributed by atoms with E-state index < -0.39 is 21.7 Å². The van der Waals surface area contributed by atoms with Crippen LogP contribution in [0.15, 0.2) is 65.6 Å². The van der Waals surface area contributed by atoms with Gasteiger partial charge < -0.3 is 10.1 Å². The number of hydrogen-bond acceptors (Lipinski definition) is 4. The lowest BCUT2D eigenvalue weighted by atomic mass is 10.2. The van der Waals surface area contributed by atoms with Gasteiger partial charge in [0.1, 0.15) is 11.6 Å². The van der Waals surface area contributed by atoms with Gasteiger partial charge in [0.05, 0.1) is 23.4 Å². The maximum Gasteiger partial charge on any atom is 0.262 e. The first-order valence-electron chi connectivity index (χ1n) is 8.73. The van der Waals surface area contributed by atoms with Crippen molar-refractivity contribution < 1.29 is 22.3 Å². The fourth-order valence-corrected chi connectivity index (χ4v) is 3.96. The Morgan fingerprint density at radius 2 is 1.80 bits per heavy atom. The first-order chi connectivity index (χ1) is 14.2. The highest BCUT2D eigenvalue weighted by molar-refractivity contribution is 7.92. The summed E-state index contributed by atoms with van der Waals surface area (Å²) in [7, 11) is -2.67. The van der Waals surface area contributed by atoms with Gasteiger partial charge in [-0.25, -0.2) is 12.8 Å². The van der Waals surface area contributed by atoms with E-state index in [9.17, 15) is 17.6 Å². The topological polar surface area (TPSA) is 84.5 Å². The Balaban J connectivity index is 1.84. The molecule has 6 nitrogen and oxygen atoms in total. The fraction of sp³-hybridized carbons (Fsp3) is 0.0952. The van der Waals surface area contributed by atoms with Crippen LogP contribution in [0.4, 0.5) is 15.8 Å². The predicted octanol–water partition coefficient (Wildman–Crippen LogP) is 4.85. The number of rotatable bonds is 6. The molecule has 0 saturated heterocycles. The second kappa shape index (κ2) is 8.73. The zero-order valence-electron chi connectivity index (χ0n) is 16.1. The van der Waals surface area contributed by atoms with Crippen LogP contribution in [-0.4, -0.2) is 21.4 Å². The molecule has 156 valence electrons. The number of ether oxygens (including phenoxy) is 1. The lowest BCUT2D eigenvalue weighted by Gasteiger charge is -2.13. The Hall–Kier alpha value is -3.10. The van der Waals surface area contributed by atoms with E-state index in [0.29, 0.717) is 10.8 Å². The number of hydrogen-bond donors (Lipinski definition) is 2. The van der Waals surface area contributed by atoms with Gasteiger partial charge >= 0.3 is 0 Å². The Labute approximate surface area is 178 Å². The molecule has 1 amide bonds. The lowest BCUT2D eigenvalue weighted by molar-refractivity contribution is 0.102. The minimum absolute atomic E-state index is 0.160. The number of amides is 1. The minimum Gasteiger partial charge on any atom is -0.495 e. The molecular formula is C21H18ClFN2O4S. The van der Waals surface area contributed by atoms with E-state index in [1.807, 2.05) is 0 Å². The molecule has 0 heterocycles. The molecule has 0 unspecified atom stereocenters. The Bertz CT molecular complexity index is 1220. The van der Waals surface area contributed by atoms with Gasteiger partial charge in [0.25, 0.3) is 15.9 Å². The monoisotopic (exact) mass is 448 g/mol. The van der Waals surface area contributed by atoms with Gasteiger partial charge in [-0.05, 0) is 61.0 Å². The molecule has 0 spiro atoms. The number of halogens is 2. The maximum atomic E-state index is 14.5. The van der Waals surface area contributed by atoms with E-state index >= 15 is 0 Å². The molecule has 0 bridgehead atoms. The van der Waals surface area contributed by atoms with Crippen LogP contribution in [0.5, 0.6) is 5.75 Å². The van der Waals surface area contributed by atoms with Gasteiger partial charge in [0.15, 0.2) is 0 Å².